The number of hydrogen-bond acceptors (Lipinski definition) is 2. The summed E-state index contributed by atoms with van der Waals surface area (Å²) < 4.78 is 1.90. The summed E-state index contributed by atoms with van der Waals surface area (Å²) in [5.41, 5.74) is 2.85. The molecule has 1 aliphatic heterocycles. The van der Waals surface area contributed by atoms with E-state index in [0.717, 1.165) is 42.3 Å². The van der Waals surface area contributed by atoms with E-state index in [0.29, 0.717) is 0 Å². The summed E-state index contributed by atoms with van der Waals surface area (Å²) in [7, 11) is 0. The third-order valence-corrected chi connectivity index (χ3v) is 3.54. The van der Waals surface area contributed by atoms with Gasteiger partial charge in [-0.1, -0.05) is 18.2 Å². The van der Waals surface area contributed by atoms with Gasteiger partial charge in [0.15, 0.2) is 0 Å². The van der Waals surface area contributed by atoms with E-state index in [1.807, 2.05) is 48.9 Å². The number of anilines is 2. The van der Waals surface area contributed by atoms with Crippen LogP contribution in [0, 0.1) is 13.8 Å². The lowest BCUT2D eigenvalue weighted by molar-refractivity contribution is 0.255. The molecule has 2 aromatic rings. The van der Waals surface area contributed by atoms with E-state index < -0.39 is 0 Å². The van der Waals surface area contributed by atoms with Gasteiger partial charge in [0, 0.05) is 24.8 Å². The number of rotatable bonds is 1. The molecule has 2 heterocycles. The maximum absolute atomic E-state index is 12.5. The van der Waals surface area contributed by atoms with Crippen molar-refractivity contribution in [2.45, 2.75) is 26.8 Å². The molecule has 1 N–H and O–H groups in total. The fourth-order valence-corrected chi connectivity index (χ4v) is 2.51. The summed E-state index contributed by atoms with van der Waals surface area (Å²) in [6.07, 6.45) is 0.926. The third kappa shape index (κ3) is 2.27. The van der Waals surface area contributed by atoms with Crippen LogP contribution in [0.25, 0.3) is 0 Å². The number of carbonyl (C=O) groups excluding carboxylic acids is 1. The van der Waals surface area contributed by atoms with Gasteiger partial charge in [-0.2, -0.15) is 5.10 Å². The van der Waals surface area contributed by atoms with Crippen LogP contribution >= 0.6 is 0 Å². The molecule has 0 radical (unpaired) electrons. The zero-order valence-electron chi connectivity index (χ0n) is 11.8. The van der Waals surface area contributed by atoms with E-state index >= 15 is 0 Å². The number of carbonyl (C=O) groups is 1. The van der Waals surface area contributed by atoms with Crippen molar-refractivity contribution in [3.8, 4) is 0 Å². The van der Waals surface area contributed by atoms with E-state index in [4.69, 9.17) is 0 Å². The minimum Gasteiger partial charge on any atom is -0.307 e. The van der Waals surface area contributed by atoms with Crippen LogP contribution in [0.3, 0.4) is 0 Å². The highest BCUT2D eigenvalue weighted by Gasteiger charge is 2.24. The molecule has 0 spiro atoms. The number of para-hydroxylation sites is 1. The normalized spacial score (nSPS) is 14.0. The third-order valence-electron chi connectivity index (χ3n) is 3.54. The SMILES string of the molecule is Cc1cc2n(n1)CCCN2C(=O)Nc1ccccc1C. The van der Waals surface area contributed by atoms with Crippen molar-refractivity contribution in [1.29, 1.82) is 0 Å². The van der Waals surface area contributed by atoms with Gasteiger partial charge in [0.1, 0.15) is 5.82 Å². The summed E-state index contributed by atoms with van der Waals surface area (Å²) in [5.74, 6) is 0.875. The predicted octanol–water partition coefficient (Wildman–Crippen LogP) is 2.94. The van der Waals surface area contributed by atoms with Crippen LogP contribution < -0.4 is 10.2 Å². The molecule has 5 heteroatoms. The molecule has 5 nitrogen and oxygen atoms in total. The summed E-state index contributed by atoms with van der Waals surface area (Å²) in [6.45, 7) is 5.53. The van der Waals surface area contributed by atoms with Gasteiger partial charge in [0.2, 0.25) is 0 Å². The number of hydrogen-bond donors (Lipinski definition) is 1. The standard InChI is InChI=1S/C15H18N4O/c1-11-6-3-4-7-13(11)16-15(20)18-8-5-9-19-14(18)10-12(2)17-19/h3-4,6-7,10H,5,8-9H2,1-2H3,(H,16,20). The molecule has 0 saturated heterocycles. The maximum Gasteiger partial charge on any atom is 0.327 e. The Bertz CT molecular complexity index is 647. The predicted molar refractivity (Wildman–Crippen MR) is 79.1 cm³/mol. The molecule has 20 heavy (non-hydrogen) atoms. The van der Waals surface area contributed by atoms with Crippen molar-refractivity contribution in [3.05, 3.63) is 41.6 Å². The van der Waals surface area contributed by atoms with Crippen molar-refractivity contribution in [1.82, 2.24) is 9.78 Å². The average molecular weight is 270 g/mol. The molecular formula is C15H18N4O. The molecule has 0 saturated carbocycles. The first kappa shape index (κ1) is 12.7. The van der Waals surface area contributed by atoms with E-state index in [-0.39, 0.29) is 6.03 Å². The highest BCUT2D eigenvalue weighted by atomic mass is 16.2. The first-order chi connectivity index (χ1) is 9.65. The molecular weight excluding hydrogens is 252 g/mol. The molecule has 1 aromatic heterocycles. The van der Waals surface area contributed by atoms with Gasteiger partial charge < -0.3 is 5.32 Å². The van der Waals surface area contributed by atoms with Crippen molar-refractivity contribution < 1.29 is 4.79 Å². The molecule has 3 rings (SSSR count). The second-order valence-corrected chi connectivity index (χ2v) is 5.12. The molecule has 0 bridgehead atoms. The Hall–Kier alpha value is -2.30. The van der Waals surface area contributed by atoms with Crippen LogP contribution in [0.15, 0.2) is 30.3 Å². The Morgan fingerprint density at radius 1 is 1.25 bits per heavy atom. The highest BCUT2D eigenvalue weighted by Crippen LogP contribution is 2.23. The first-order valence-corrected chi connectivity index (χ1v) is 6.84. The molecule has 104 valence electrons. The average Bonchev–Trinajstić information content (AvgIpc) is 2.81. The van der Waals surface area contributed by atoms with E-state index in [9.17, 15) is 4.79 Å². The minimum absolute atomic E-state index is 0.0971. The molecule has 0 fully saturated rings. The van der Waals surface area contributed by atoms with Gasteiger partial charge in [-0.25, -0.2) is 9.48 Å². The number of fused-ring (bicyclic) bond motifs is 1. The van der Waals surface area contributed by atoms with Gasteiger partial charge in [0.05, 0.1) is 5.69 Å². The Morgan fingerprint density at radius 3 is 2.85 bits per heavy atom. The zero-order valence-corrected chi connectivity index (χ0v) is 11.8. The van der Waals surface area contributed by atoms with Crippen molar-refractivity contribution in [3.63, 3.8) is 0 Å². The summed E-state index contributed by atoms with van der Waals surface area (Å²) in [5, 5.41) is 7.38. The summed E-state index contributed by atoms with van der Waals surface area (Å²) in [6, 6.07) is 9.65. The Balaban J connectivity index is 1.84. The number of aryl methyl sites for hydroxylation is 3. The Labute approximate surface area is 118 Å². The molecule has 1 aromatic carbocycles. The lowest BCUT2D eigenvalue weighted by Crippen LogP contribution is -2.40. The van der Waals surface area contributed by atoms with Crippen LogP contribution in [0.4, 0.5) is 16.3 Å². The monoisotopic (exact) mass is 270 g/mol. The van der Waals surface area contributed by atoms with Gasteiger partial charge >= 0.3 is 6.03 Å². The van der Waals surface area contributed by atoms with E-state index in [1.165, 1.54) is 0 Å². The number of nitrogens with one attached hydrogen (secondary N) is 1. The number of aromatic nitrogens is 2. The molecule has 1 aliphatic rings. The van der Waals surface area contributed by atoms with Gasteiger partial charge in [-0.3, -0.25) is 4.90 Å². The summed E-state index contributed by atoms with van der Waals surface area (Å²) >= 11 is 0. The smallest absolute Gasteiger partial charge is 0.307 e. The number of nitrogens with zero attached hydrogens (tertiary/aromatic N) is 3. The van der Waals surface area contributed by atoms with Gasteiger partial charge in [-0.05, 0) is 31.9 Å². The number of urea groups is 1. The number of amides is 2. The molecule has 0 aliphatic carbocycles. The van der Waals surface area contributed by atoms with Crippen LogP contribution in [-0.2, 0) is 6.54 Å². The van der Waals surface area contributed by atoms with Crippen LogP contribution in [0.2, 0.25) is 0 Å². The van der Waals surface area contributed by atoms with Crippen molar-refractivity contribution >= 4 is 17.5 Å². The lowest BCUT2D eigenvalue weighted by atomic mass is 10.2. The fraction of sp³-hybridized carbons (Fsp3) is 0.333. The molecule has 2 amide bonds. The zero-order chi connectivity index (χ0) is 14.1. The minimum atomic E-state index is -0.0971. The van der Waals surface area contributed by atoms with Crippen molar-refractivity contribution in [2.24, 2.45) is 0 Å². The second-order valence-electron chi connectivity index (χ2n) is 5.12. The quantitative estimate of drug-likeness (QED) is 0.866. The highest BCUT2D eigenvalue weighted by molar-refractivity contribution is 6.01. The largest absolute Gasteiger partial charge is 0.327 e. The topological polar surface area (TPSA) is 50.2 Å². The fourth-order valence-electron chi connectivity index (χ4n) is 2.51. The van der Waals surface area contributed by atoms with Crippen LogP contribution in [0.1, 0.15) is 17.7 Å². The Kier molecular flexibility index (Phi) is 3.18. The van der Waals surface area contributed by atoms with E-state index in [2.05, 4.69) is 10.4 Å². The number of benzene rings is 1. The Morgan fingerprint density at radius 2 is 2.05 bits per heavy atom. The maximum atomic E-state index is 12.5. The van der Waals surface area contributed by atoms with Crippen molar-refractivity contribution in [2.75, 3.05) is 16.8 Å². The van der Waals surface area contributed by atoms with Crippen LogP contribution in [-0.4, -0.2) is 22.4 Å². The second kappa shape index (κ2) is 5.00. The van der Waals surface area contributed by atoms with Gasteiger partial charge in [0.25, 0.3) is 0 Å². The molecule has 0 atom stereocenters. The lowest BCUT2D eigenvalue weighted by Gasteiger charge is -2.27. The first-order valence-electron chi connectivity index (χ1n) is 6.84. The van der Waals surface area contributed by atoms with Gasteiger partial charge in [-0.15, -0.1) is 0 Å². The van der Waals surface area contributed by atoms with Crippen LogP contribution in [0.5, 0.6) is 0 Å². The summed E-state index contributed by atoms with van der Waals surface area (Å²) in [4.78, 5) is 14.2. The molecule has 0 unspecified atom stereocenters. The van der Waals surface area contributed by atoms with E-state index in [1.54, 1.807) is 4.90 Å².